The molecule has 0 aliphatic carbocycles. The number of carbonyl (C=O) groups excluding carboxylic acids is 1. The first-order valence-electron chi connectivity index (χ1n) is 4.37. The SMILES string of the molecule is O=C(CBr)Cc1ccc(O)cc1OC(F)F. The molecule has 1 rings (SSSR count). The molecule has 1 aromatic rings. The molecule has 0 amide bonds. The summed E-state index contributed by atoms with van der Waals surface area (Å²) in [6.07, 6.45) is -0.0203. The second-order valence-electron chi connectivity index (χ2n) is 3.02. The van der Waals surface area contributed by atoms with Crippen molar-refractivity contribution < 1.29 is 23.4 Å². The highest BCUT2D eigenvalue weighted by atomic mass is 79.9. The van der Waals surface area contributed by atoms with Crippen molar-refractivity contribution in [1.82, 2.24) is 0 Å². The van der Waals surface area contributed by atoms with Gasteiger partial charge in [0.1, 0.15) is 17.3 Å². The molecule has 0 atom stereocenters. The van der Waals surface area contributed by atoms with Crippen LogP contribution in [0.3, 0.4) is 0 Å². The van der Waals surface area contributed by atoms with E-state index in [4.69, 9.17) is 5.11 Å². The van der Waals surface area contributed by atoms with Gasteiger partial charge in [-0.1, -0.05) is 22.0 Å². The number of carbonyl (C=O) groups is 1. The third kappa shape index (κ3) is 3.77. The van der Waals surface area contributed by atoms with Crippen molar-refractivity contribution in [3.8, 4) is 11.5 Å². The van der Waals surface area contributed by atoms with Gasteiger partial charge in [-0.3, -0.25) is 4.79 Å². The molecule has 16 heavy (non-hydrogen) atoms. The number of ketones is 1. The molecule has 0 aromatic heterocycles. The van der Waals surface area contributed by atoms with Crippen LogP contribution < -0.4 is 4.74 Å². The Morgan fingerprint density at radius 1 is 1.50 bits per heavy atom. The summed E-state index contributed by atoms with van der Waals surface area (Å²) >= 11 is 2.97. The zero-order valence-electron chi connectivity index (χ0n) is 8.12. The maximum Gasteiger partial charge on any atom is 0.387 e. The van der Waals surface area contributed by atoms with Crippen molar-refractivity contribution in [3.05, 3.63) is 23.8 Å². The van der Waals surface area contributed by atoms with Gasteiger partial charge in [0.25, 0.3) is 0 Å². The Kier molecular flexibility index (Phi) is 4.67. The van der Waals surface area contributed by atoms with Crippen LogP contribution >= 0.6 is 15.9 Å². The first-order valence-corrected chi connectivity index (χ1v) is 5.49. The second-order valence-corrected chi connectivity index (χ2v) is 3.58. The zero-order valence-corrected chi connectivity index (χ0v) is 9.71. The molecule has 1 N–H and O–H groups in total. The smallest absolute Gasteiger partial charge is 0.387 e. The molecule has 0 aliphatic rings. The van der Waals surface area contributed by atoms with Gasteiger partial charge in [0, 0.05) is 18.1 Å². The van der Waals surface area contributed by atoms with Crippen LogP contribution in [0, 0.1) is 0 Å². The van der Waals surface area contributed by atoms with Gasteiger partial charge in [0.05, 0.1) is 5.33 Å². The van der Waals surface area contributed by atoms with Crippen molar-refractivity contribution in [2.45, 2.75) is 13.0 Å². The van der Waals surface area contributed by atoms with Crippen molar-refractivity contribution in [1.29, 1.82) is 0 Å². The molecule has 0 aliphatic heterocycles. The number of hydrogen-bond acceptors (Lipinski definition) is 3. The summed E-state index contributed by atoms with van der Waals surface area (Å²) in [6, 6.07) is 3.76. The molecular weight excluding hydrogens is 286 g/mol. The minimum Gasteiger partial charge on any atom is -0.508 e. The topological polar surface area (TPSA) is 46.5 Å². The van der Waals surface area contributed by atoms with Crippen LogP contribution in [-0.2, 0) is 11.2 Å². The molecule has 6 heteroatoms. The first kappa shape index (κ1) is 12.9. The summed E-state index contributed by atoms with van der Waals surface area (Å²) in [5.41, 5.74) is 0.322. The lowest BCUT2D eigenvalue weighted by Crippen LogP contribution is -2.08. The van der Waals surface area contributed by atoms with Gasteiger partial charge in [0.15, 0.2) is 0 Å². The largest absolute Gasteiger partial charge is 0.508 e. The number of alkyl halides is 3. The number of benzene rings is 1. The Morgan fingerprint density at radius 3 is 2.75 bits per heavy atom. The Bertz CT molecular complexity index is 382. The van der Waals surface area contributed by atoms with E-state index < -0.39 is 6.61 Å². The fourth-order valence-electron chi connectivity index (χ4n) is 1.15. The molecule has 1 aromatic carbocycles. The minimum atomic E-state index is -2.99. The molecular formula is C10H9BrF2O3. The Morgan fingerprint density at radius 2 is 2.19 bits per heavy atom. The number of hydrogen-bond donors (Lipinski definition) is 1. The first-order chi connectivity index (χ1) is 7.52. The number of ether oxygens (including phenoxy) is 1. The van der Waals surface area contributed by atoms with Crippen LogP contribution in [0.5, 0.6) is 11.5 Å². The molecule has 0 saturated heterocycles. The summed E-state index contributed by atoms with van der Waals surface area (Å²) < 4.78 is 28.3. The van der Waals surface area contributed by atoms with Crippen LogP contribution in [0.2, 0.25) is 0 Å². The lowest BCUT2D eigenvalue weighted by Gasteiger charge is -2.10. The average Bonchev–Trinajstić information content (AvgIpc) is 2.21. The predicted molar refractivity (Wildman–Crippen MR) is 57.2 cm³/mol. The summed E-state index contributed by atoms with van der Waals surface area (Å²) in [5, 5.41) is 9.26. The Labute approximate surface area is 99.2 Å². The summed E-state index contributed by atoms with van der Waals surface area (Å²) in [5.74, 6) is -0.528. The number of Topliss-reactive ketones (excluding diaryl/α,β-unsaturated/α-hetero) is 1. The van der Waals surface area contributed by atoms with Crippen LogP contribution in [-0.4, -0.2) is 22.8 Å². The molecule has 0 heterocycles. The molecule has 0 fully saturated rings. The monoisotopic (exact) mass is 294 g/mol. The lowest BCUT2D eigenvalue weighted by atomic mass is 10.1. The molecule has 3 nitrogen and oxygen atoms in total. The van der Waals surface area contributed by atoms with E-state index in [-0.39, 0.29) is 29.0 Å². The quantitative estimate of drug-likeness (QED) is 0.849. The molecule has 88 valence electrons. The molecule has 0 radical (unpaired) electrons. The highest BCUT2D eigenvalue weighted by Crippen LogP contribution is 2.26. The number of halogens is 3. The van der Waals surface area contributed by atoms with Crippen molar-refractivity contribution >= 4 is 21.7 Å². The lowest BCUT2D eigenvalue weighted by molar-refractivity contribution is -0.116. The van der Waals surface area contributed by atoms with E-state index in [2.05, 4.69) is 20.7 Å². The maximum atomic E-state index is 12.1. The average molecular weight is 295 g/mol. The number of phenols is 1. The summed E-state index contributed by atoms with van der Waals surface area (Å²) in [7, 11) is 0. The van der Waals surface area contributed by atoms with Crippen molar-refractivity contribution in [2.75, 3.05) is 5.33 Å². The fourth-order valence-corrected chi connectivity index (χ4v) is 1.35. The van der Waals surface area contributed by atoms with E-state index in [1.54, 1.807) is 0 Å². The van der Waals surface area contributed by atoms with Gasteiger partial charge in [0.2, 0.25) is 0 Å². The van der Waals surface area contributed by atoms with Gasteiger partial charge in [-0.15, -0.1) is 0 Å². The Balaban J connectivity index is 2.93. The highest BCUT2D eigenvalue weighted by Gasteiger charge is 2.13. The van der Waals surface area contributed by atoms with Gasteiger partial charge in [-0.25, -0.2) is 0 Å². The van der Waals surface area contributed by atoms with E-state index >= 15 is 0 Å². The normalized spacial score (nSPS) is 10.5. The van der Waals surface area contributed by atoms with E-state index in [0.29, 0.717) is 5.56 Å². The summed E-state index contributed by atoms with van der Waals surface area (Å²) in [4.78, 5) is 11.2. The third-order valence-corrected chi connectivity index (χ3v) is 2.43. The molecule has 0 spiro atoms. The molecule has 0 bridgehead atoms. The van der Waals surface area contributed by atoms with E-state index in [9.17, 15) is 13.6 Å². The van der Waals surface area contributed by atoms with Crippen LogP contribution in [0.15, 0.2) is 18.2 Å². The Hall–Kier alpha value is -1.17. The van der Waals surface area contributed by atoms with E-state index in [0.717, 1.165) is 6.07 Å². The fraction of sp³-hybridized carbons (Fsp3) is 0.300. The third-order valence-electron chi connectivity index (χ3n) is 1.80. The van der Waals surface area contributed by atoms with Gasteiger partial charge in [-0.2, -0.15) is 8.78 Å². The standard InChI is InChI=1S/C10H9BrF2O3/c11-5-8(15)3-6-1-2-7(14)4-9(6)16-10(12)13/h1-2,4,10,14H,3,5H2. The van der Waals surface area contributed by atoms with Crippen LogP contribution in [0.1, 0.15) is 5.56 Å². The van der Waals surface area contributed by atoms with Gasteiger partial charge < -0.3 is 9.84 Å². The number of aromatic hydroxyl groups is 1. The number of phenolic OH excluding ortho intramolecular Hbond substituents is 1. The van der Waals surface area contributed by atoms with Crippen molar-refractivity contribution in [2.24, 2.45) is 0 Å². The second kappa shape index (κ2) is 5.79. The summed E-state index contributed by atoms with van der Waals surface area (Å²) in [6.45, 7) is -2.99. The van der Waals surface area contributed by atoms with E-state index in [1.807, 2.05) is 0 Å². The molecule has 0 unspecified atom stereocenters. The maximum absolute atomic E-state index is 12.1. The van der Waals surface area contributed by atoms with Crippen LogP contribution in [0.4, 0.5) is 8.78 Å². The van der Waals surface area contributed by atoms with Crippen LogP contribution in [0.25, 0.3) is 0 Å². The minimum absolute atomic E-state index is 0.0203. The molecule has 0 saturated carbocycles. The van der Waals surface area contributed by atoms with E-state index in [1.165, 1.54) is 12.1 Å². The number of rotatable bonds is 5. The van der Waals surface area contributed by atoms with Crippen molar-refractivity contribution in [3.63, 3.8) is 0 Å². The van der Waals surface area contributed by atoms with Gasteiger partial charge in [-0.05, 0) is 6.07 Å². The zero-order chi connectivity index (χ0) is 12.1. The van der Waals surface area contributed by atoms with Gasteiger partial charge >= 0.3 is 6.61 Å². The highest BCUT2D eigenvalue weighted by molar-refractivity contribution is 9.09. The predicted octanol–water partition coefficient (Wildman–Crippen LogP) is 2.50.